The summed E-state index contributed by atoms with van der Waals surface area (Å²) in [4.78, 5) is 32.6. The number of hydrogen-bond donors (Lipinski definition) is 2. The van der Waals surface area contributed by atoms with E-state index >= 15 is 0 Å². The molecule has 3 rings (SSSR count). The fourth-order valence-corrected chi connectivity index (χ4v) is 3.23. The Labute approximate surface area is 192 Å². The molecule has 0 fully saturated rings. The van der Waals surface area contributed by atoms with Gasteiger partial charge in [0.05, 0.1) is 12.7 Å². The largest absolute Gasteiger partial charge is 0.508 e. The van der Waals surface area contributed by atoms with E-state index in [-0.39, 0.29) is 34.8 Å². The summed E-state index contributed by atoms with van der Waals surface area (Å²) in [6, 6.07) is 11.6. The number of carbonyl (C=O) groups is 2. The quantitative estimate of drug-likeness (QED) is 0.289. The second-order valence-electron chi connectivity index (χ2n) is 6.66. The Bertz CT molecular complexity index is 1130. The number of phenols is 2. The Morgan fingerprint density at radius 1 is 1.19 bits per heavy atom. The number of phenolic OH excluding ortho intramolecular Hbond substituents is 2. The van der Waals surface area contributed by atoms with Crippen LogP contribution in [0, 0.1) is 0 Å². The van der Waals surface area contributed by atoms with Gasteiger partial charge in [-0.2, -0.15) is 0 Å². The fraction of sp³-hybridized carbons (Fsp3) is 0.130. The highest BCUT2D eigenvalue weighted by molar-refractivity contribution is 9.10. The molecule has 32 heavy (non-hydrogen) atoms. The molecule has 0 saturated carbocycles. The van der Waals surface area contributed by atoms with E-state index in [1.165, 1.54) is 50.0 Å². The van der Waals surface area contributed by atoms with Crippen molar-refractivity contribution >= 4 is 34.1 Å². The first kappa shape index (κ1) is 23.0. The minimum absolute atomic E-state index is 0.0807. The van der Waals surface area contributed by atoms with Crippen molar-refractivity contribution in [2.45, 2.75) is 12.5 Å². The molecule has 1 heterocycles. The third kappa shape index (κ3) is 5.92. The summed E-state index contributed by atoms with van der Waals surface area (Å²) in [7, 11) is 1.26. The van der Waals surface area contributed by atoms with Gasteiger partial charge in [0.2, 0.25) is 0 Å². The van der Waals surface area contributed by atoms with E-state index in [0.29, 0.717) is 4.47 Å². The van der Waals surface area contributed by atoms with E-state index in [4.69, 9.17) is 9.47 Å². The zero-order valence-electron chi connectivity index (χ0n) is 16.9. The minimum Gasteiger partial charge on any atom is -0.508 e. The number of aromatic nitrogens is 1. The molecule has 0 aliphatic rings. The van der Waals surface area contributed by atoms with Crippen molar-refractivity contribution in [3.63, 3.8) is 0 Å². The first-order valence-corrected chi connectivity index (χ1v) is 10.2. The number of ether oxygens (including phenoxy) is 2. The molecule has 2 aromatic carbocycles. The number of methoxy groups -OCH3 is 1. The predicted molar refractivity (Wildman–Crippen MR) is 120 cm³/mol. The van der Waals surface area contributed by atoms with Gasteiger partial charge in [-0.3, -0.25) is 9.98 Å². The molecule has 1 atom stereocenters. The van der Waals surface area contributed by atoms with Crippen LogP contribution in [0.5, 0.6) is 17.2 Å². The molecule has 2 N–H and O–H groups in total. The maximum atomic E-state index is 12.3. The third-order valence-electron chi connectivity index (χ3n) is 4.40. The topological polar surface area (TPSA) is 118 Å². The molecule has 8 nitrogen and oxygen atoms in total. The Morgan fingerprint density at radius 3 is 2.59 bits per heavy atom. The molecule has 0 radical (unpaired) electrons. The van der Waals surface area contributed by atoms with E-state index < -0.39 is 18.0 Å². The van der Waals surface area contributed by atoms with E-state index in [2.05, 4.69) is 25.9 Å². The predicted octanol–water partition coefficient (Wildman–Crippen LogP) is 3.68. The molecular weight excluding hydrogens is 480 g/mol. The van der Waals surface area contributed by atoms with Crippen LogP contribution in [0.2, 0.25) is 0 Å². The summed E-state index contributed by atoms with van der Waals surface area (Å²) in [5.74, 6) is -1.54. The molecule has 0 bridgehead atoms. The van der Waals surface area contributed by atoms with Crippen molar-refractivity contribution in [3.05, 3.63) is 82.1 Å². The summed E-state index contributed by atoms with van der Waals surface area (Å²) in [5, 5.41) is 20.0. The van der Waals surface area contributed by atoms with E-state index in [1.54, 1.807) is 24.3 Å². The number of hydrogen-bond acceptors (Lipinski definition) is 8. The van der Waals surface area contributed by atoms with Crippen LogP contribution in [0.1, 0.15) is 21.5 Å². The highest BCUT2D eigenvalue weighted by Gasteiger charge is 2.19. The number of esters is 2. The summed E-state index contributed by atoms with van der Waals surface area (Å²) >= 11 is 3.31. The molecule has 1 aromatic heterocycles. The maximum absolute atomic E-state index is 12.3. The normalized spacial score (nSPS) is 11.8. The van der Waals surface area contributed by atoms with E-state index in [1.807, 2.05) is 0 Å². The molecule has 0 saturated heterocycles. The lowest BCUT2D eigenvalue weighted by Gasteiger charge is -2.12. The number of aliphatic imine (C=N–C) groups is 1. The molecule has 164 valence electrons. The molecular formula is C23H19BrN2O6. The van der Waals surface area contributed by atoms with Gasteiger partial charge in [-0.15, -0.1) is 0 Å². The summed E-state index contributed by atoms with van der Waals surface area (Å²) in [6.45, 7) is 0. The first-order chi connectivity index (χ1) is 15.4. The van der Waals surface area contributed by atoms with Gasteiger partial charge in [0, 0.05) is 35.1 Å². The Balaban J connectivity index is 1.84. The number of aromatic hydroxyl groups is 2. The number of pyridine rings is 1. The van der Waals surface area contributed by atoms with Gasteiger partial charge in [0.15, 0.2) is 17.5 Å². The van der Waals surface area contributed by atoms with Gasteiger partial charge in [-0.25, -0.2) is 9.59 Å². The zero-order chi connectivity index (χ0) is 23.1. The molecule has 1 unspecified atom stereocenters. The Morgan fingerprint density at radius 2 is 1.94 bits per heavy atom. The standard InChI is InChI=1S/C23H19BrN2O6/c1-31-23(30)19(9-14-4-6-18(27)7-5-14)26-13-16-10-17(24)11-20(21(16)28)32-22(29)15-3-2-8-25-12-15/h2-8,10-13,19,27-28H,9H2,1H3. The summed E-state index contributed by atoms with van der Waals surface area (Å²) in [5.41, 5.74) is 1.22. The number of rotatable bonds is 7. The van der Waals surface area contributed by atoms with Gasteiger partial charge in [0.1, 0.15) is 5.75 Å². The number of halogens is 1. The Hall–Kier alpha value is -3.72. The number of carbonyl (C=O) groups excluding carboxylic acids is 2. The summed E-state index contributed by atoms with van der Waals surface area (Å²) < 4.78 is 10.7. The smallest absolute Gasteiger partial charge is 0.345 e. The second-order valence-corrected chi connectivity index (χ2v) is 7.58. The van der Waals surface area contributed by atoms with Crippen LogP contribution < -0.4 is 4.74 Å². The lowest BCUT2D eigenvalue weighted by molar-refractivity contribution is -0.142. The fourth-order valence-electron chi connectivity index (χ4n) is 2.77. The van der Waals surface area contributed by atoms with Gasteiger partial charge in [0.25, 0.3) is 0 Å². The number of benzene rings is 2. The van der Waals surface area contributed by atoms with Gasteiger partial charge in [-0.1, -0.05) is 28.1 Å². The number of nitrogens with zero attached hydrogens (tertiary/aromatic N) is 2. The van der Waals surface area contributed by atoms with Crippen molar-refractivity contribution in [3.8, 4) is 17.2 Å². The second kappa shape index (κ2) is 10.5. The van der Waals surface area contributed by atoms with Gasteiger partial charge in [-0.05, 0) is 42.0 Å². The lowest BCUT2D eigenvalue weighted by Crippen LogP contribution is -2.23. The molecule has 0 spiro atoms. The van der Waals surface area contributed by atoms with Crippen molar-refractivity contribution in [2.75, 3.05) is 7.11 Å². The highest BCUT2D eigenvalue weighted by Crippen LogP contribution is 2.33. The van der Waals surface area contributed by atoms with Crippen molar-refractivity contribution in [1.29, 1.82) is 0 Å². The molecule has 3 aromatic rings. The average Bonchev–Trinajstić information content (AvgIpc) is 2.80. The molecule has 0 amide bonds. The van der Waals surface area contributed by atoms with Gasteiger partial charge >= 0.3 is 11.9 Å². The van der Waals surface area contributed by atoms with Crippen LogP contribution in [-0.2, 0) is 16.0 Å². The highest BCUT2D eigenvalue weighted by atomic mass is 79.9. The zero-order valence-corrected chi connectivity index (χ0v) is 18.5. The SMILES string of the molecule is COC(=O)C(Cc1ccc(O)cc1)N=Cc1cc(Br)cc(OC(=O)c2cccnc2)c1O. The minimum atomic E-state index is -0.885. The monoisotopic (exact) mass is 498 g/mol. The third-order valence-corrected chi connectivity index (χ3v) is 4.86. The van der Waals surface area contributed by atoms with Crippen LogP contribution >= 0.6 is 15.9 Å². The molecule has 0 aliphatic heterocycles. The molecule has 0 aliphatic carbocycles. The van der Waals surface area contributed by atoms with Crippen molar-refractivity contribution in [2.24, 2.45) is 4.99 Å². The van der Waals surface area contributed by atoms with E-state index in [9.17, 15) is 19.8 Å². The Kier molecular flexibility index (Phi) is 7.56. The van der Waals surface area contributed by atoms with Crippen molar-refractivity contribution in [1.82, 2.24) is 4.98 Å². The van der Waals surface area contributed by atoms with Crippen molar-refractivity contribution < 1.29 is 29.3 Å². The van der Waals surface area contributed by atoms with Crippen LogP contribution in [0.15, 0.2) is 70.4 Å². The van der Waals surface area contributed by atoms with Crippen LogP contribution in [0.25, 0.3) is 0 Å². The average molecular weight is 499 g/mol. The maximum Gasteiger partial charge on any atom is 0.345 e. The summed E-state index contributed by atoms with van der Waals surface area (Å²) in [6.07, 6.45) is 4.41. The van der Waals surface area contributed by atoms with Crippen LogP contribution in [0.3, 0.4) is 0 Å². The lowest BCUT2D eigenvalue weighted by atomic mass is 10.1. The van der Waals surface area contributed by atoms with Gasteiger partial charge < -0.3 is 19.7 Å². The first-order valence-electron chi connectivity index (χ1n) is 9.41. The van der Waals surface area contributed by atoms with Crippen LogP contribution in [-0.4, -0.2) is 46.5 Å². The van der Waals surface area contributed by atoms with E-state index in [0.717, 1.165) is 5.56 Å². The van der Waals surface area contributed by atoms with Crippen LogP contribution in [0.4, 0.5) is 0 Å². The molecule has 9 heteroatoms.